The molecule has 1 aliphatic rings. The molecule has 1 amide bonds. The molecule has 2 aromatic rings. The second kappa shape index (κ2) is 10.6. The highest BCUT2D eigenvalue weighted by Crippen LogP contribution is 2.22. The van der Waals surface area contributed by atoms with Crippen LogP contribution in [-0.4, -0.2) is 44.9 Å². The van der Waals surface area contributed by atoms with Crippen LogP contribution in [0.15, 0.2) is 54.6 Å². The van der Waals surface area contributed by atoms with E-state index in [-0.39, 0.29) is 17.6 Å². The van der Waals surface area contributed by atoms with Gasteiger partial charge in [0, 0.05) is 25.6 Å². The molecule has 1 N–H and O–H groups in total. The molecule has 0 spiro atoms. The van der Waals surface area contributed by atoms with Gasteiger partial charge in [0.15, 0.2) is 0 Å². The molecule has 0 aromatic heterocycles. The monoisotopic (exact) mass is 430 g/mol. The number of nitrogens with one attached hydrogen (secondary N) is 1. The molecule has 0 aliphatic carbocycles. The summed E-state index contributed by atoms with van der Waals surface area (Å²) in [5, 5.41) is 2.96. The van der Waals surface area contributed by atoms with Crippen molar-refractivity contribution in [3.05, 3.63) is 65.7 Å². The van der Waals surface area contributed by atoms with Crippen LogP contribution in [0.2, 0.25) is 0 Å². The Morgan fingerprint density at radius 3 is 2.53 bits per heavy atom. The van der Waals surface area contributed by atoms with Crippen LogP contribution in [0.25, 0.3) is 0 Å². The van der Waals surface area contributed by atoms with Crippen LogP contribution in [0, 0.1) is 12.8 Å². The van der Waals surface area contributed by atoms with E-state index in [1.54, 1.807) is 0 Å². The van der Waals surface area contributed by atoms with Crippen LogP contribution in [0.1, 0.15) is 30.4 Å². The summed E-state index contributed by atoms with van der Waals surface area (Å²) in [6.45, 7) is 3.90. The maximum absolute atomic E-state index is 12.6. The molecule has 1 heterocycles. The Hall–Kier alpha value is -2.38. The fraction of sp³-hybridized carbons (Fsp3) is 0.435. The highest BCUT2D eigenvalue weighted by molar-refractivity contribution is 7.88. The summed E-state index contributed by atoms with van der Waals surface area (Å²) in [4.78, 5) is 12.4. The van der Waals surface area contributed by atoms with Gasteiger partial charge in [-0.3, -0.25) is 4.79 Å². The molecular formula is C23H30N2O4S. The standard InChI is InChI=1S/C23H30N2O4S/c1-19-7-5-10-22(17-19)29-16-6-13-24-23(26)21-11-14-25(15-12-21)30(27,28)18-20-8-3-2-4-9-20/h2-5,7-10,17,21H,6,11-16,18H2,1H3,(H,24,26). The van der Waals surface area contributed by atoms with E-state index in [1.165, 1.54) is 4.31 Å². The summed E-state index contributed by atoms with van der Waals surface area (Å²) in [5.41, 5.74) is 1.93. The molecule has 6 nitrogen and oxygen atoms in total. The number of hydrogen-bond donors (Lipinski definition) is 1. The quantitative estimate of drug-likeness (QED) is 0.620. The lowest BCUT2D eigenvalue weighted by Gasteiger charge is -2.30. The molecule has 162 valence electrons. The topological polar surface area (TPSA) is 75.7 Å². The van der Waals surface area contributed by atoms with E-state index in [9.17, 15) is 13.2 Å². The molecule has 0 saturated carbocycles. The number of nitrogens with zero attached hydrogens (tertiary/aromatic N) is 1. The van der Waals surface area contributed by atoms with Crippen molar-refractivity contribution in [3.8, 4) is 5.75 Å². The molecular weight excluding hydrogens is 400 g/mol. The molecule has 0 bridgehead atoms. The lowest BCUT2D eigenvalue weighted by Crippen LogP contribution is -2.43. The Bertz CT molecular complexity index is 923. The lowest BCUT2D eigenvalue weighted by molar-refractivity contribution is -0.126. The van der Waals surface area contributed by atoms with Crippen molar-refractivity contribution in [1.29, 1.82) is 0 Å². The molecule has 0 radical (unpaired) electrons. The van der Waals surface area contributed by atoms with Crippen molar-refractivity contribution in [2.75, 3.05) is 26.2 Å². The molecule has 1 aliphatic heterocycles. The maximum atomic E-state index is 12.6. The second-order valence-corrected chi connectivity index (χ2v) is 9.69. The fourth-order valence-electron chi connectivity index (χ4n) is 3.60. The smallest absolute Gasteiger partial charge is 0.223 e. The summed E-state index contributed by atoms with van der Waals surface area (Å²) in [5.74, 6) is 0.716. The number of carbonyl (C=O) groups is 1. The minimum Gasteiger partial charge on any atom is -0.494 e. The van der Waals surface area contributed by atoms with E-state index in [0.29, 0.717) is 39.1 Å². The molecule has 1 fully saturated rings. The zero-order valence-corrected chi connectivity index (χ0v) is 18.2. The first-order chi connectivity index (χ1) is 14.4. The van der Waals surface area contributed by atoms with E-state index in [2.05, 4.69) is 5.32 Å². The summed E-state index contributed by atoms with van der Waals surface area (Å²) >= 11 is 0. The van der Waals surface area contributed by atoms with Gasteiger partial charge in [0.2, 0.25) is 15.9 Å². The van der Waals surface area contributed by atoms with Crippen molar-refractivity contribution in [2.45, 2.75) is 31.9 Å². The van der Waals surface area contributed by atoms with Crippen LogP contribution in [0.5, 0.6) is 5.75 Å². The normalized spacial score (nSPS) is 15.6. The van der Waals surface area contributed by atoms with Gasteiger partial charge in [0.25, 0.3) is 0 Å². The molecule has 0 atom stereocenters. The zero-order valence-electron chi connectivity index (χ0n) is 17.4. The molecule has 0 unspecified atom stereocenters. The minimum absolute atomic E-state index is 0.00524. The summed E-state index contributed by atoms with van der Waals surface area (Å²) in [6.07, 6.45) is 1.84. The predicted molar refractivity (Wildman–Crippen MR) is 118 cm³/mol. The van der Waals surface area contributed by atoms with Crippen LogP contribution in [0.3, 0.4) is 0 Å². The number of sulfonamides is 1. The second-order valence-electron chi connectivity index (χ2n) is 7.72. The Labute approximate surface area is 179 Å². The van der Waals surface area contributed by atoms with Gasteiger partial charge in [-0.2, -0.15) is 0 Å². The number of carbonyl (C=O) groups excluding carboxylic acids is 1. The van der Waals surface area contributed by atoms with E-state index < -0.39 is 10.0 Å². The van der Waals surface area contributed by atoms with Gasteiger partial charge in [-0.25, -0.2) is 12.7 Å². The maximum Gasteiger partial charge on any atom is 0.223 e. The number of benzene rings is 2. The van der Waals surface area contributed by atoms with Crippen LogP contribution >= 0.6 is 0 Å². The van der Waals surface area contributed by atoms with E-state index >= 15 is 0 Å². The Morgan fingerprint density at radius 1 is 1.10 bits per heavy atom. The Kier molecular flexibility index (Phi) is 7.87. The van der Waals surface area contributed by atoms with Gasteiger partial charge in [0.1, 0.15) is 5.75 Å². The largest absolute Gasteiger partial charge is 0.494 e. The first kappa shape index (κ1) is 22.3. The minimum atomic E-state index is -3.35. The highest BCUT2D eigenvalue weighted by Gasteiger charge is 2.30. The van der Waals surface area contributed by atoms with Crippen molar-refractivity contribution >= 4 is 15.9 Å². The Balaban J connectivity index is 1.35. The number of rotatable bonds is 9. The van der Waals surface area contributed by atoms with Crippen LogP contribution in [0.4, 0.5) is 0 Å². The van der Waals surface area contributed by atoms with Gasteiger partial charge < -0.3 is 10.1 Å². The van der Waals surface area contributed by atoms with Crippen molar-refractivity contribution in [3.63, 3.8) is 0 Å². The average molecular weight is 431 g/mol. The van der Waals surface area contributed by atoms with Crippen molar-refractivity contribution in [2.24, 2.45) is 5.92 Å². The third-order valence-corrected chi connectivity index (χ3v) is 7.14. The van der Waals surface area contributed by atoms with Gasteiger partial charge in [-0.1, -0.05) is 42.5 Å². The molecule has 30 heavy (non-hydrogen) atoms. The van der Waals surface area contributed by atoms with E-state index in [1.807, 2.05) is 61.5 Å². The number of amides is 1. The molecule has 2 aromatic carbocycles. The first-order valence-electron chi connectivity index (χ1n) is 10.4. The first-order valence-corrected chi connectivity index (χ1v) is 12.0. The summed E-state index contributed by atoms with van der Waals surface area (Å²) in [6, 6.07) is 17.1. The highest BCUT2D eigenvalue weighted by atomic mass is 32.2. The third-order valence-electron chi connectivity index (χ3n) is 5.29. The van der Waals surface area contributed by atoms with E-state index in [4.69, 9.17) is 4.74 Å². The molecule has 7 heteroatoms. The summed E-state index contributed by atoms with van der Waals surface area (Å²) < 4.78 is 32.5. The SMILES string of the molecule is Cc1cccc(OCCCNC(=O)C2CCN(S(=O)(=O)Cc3ccccc3)CC2)c1. The van der Waals surface area contributed by atoms with E-state index in [0.717, 1.165) is 23.3 Å². The van der Waals surface area contributed by atoms with Crippen molar-refractivity contribution in [1.82, 2.24) is 9.62 Å². The van der Waals surface area contributed by atoms with Gasteiger partial charge >= 0.3 is 0 Å². The van der Waals surface area contributed by atoms with Crippen LogP contribution < -0.4 is 10.1 Å². The fourth-order valence-corrected chi connectivity index (χ4v) is 5.16. The van der Waals surface area contributed by atoms with Crippen LogP contribution in [-0.2, 0) is 20.6 Å². The number of aryl methyl sites for hydroxylation is 1. The zero-order chi connectivity index (χ0) is 21.4. The lowest BCUT2D eigenvalue weighted by atomic mass is 9.97. The van der Waals surface area contributed by atoms with Gasteiger partial charge in [0.05, 0.1) is 12.4 Å². The number of piperidine rings is 1. The molecule has 1 saturated heterocycles. The predicted octanol–water partition coefficient (Wildman–Crippen LogP) is 3.12. The molecule has 3 rings (SSSR count). The number of hydrogen-bond acceptors (Lipinski definition) is 4. The summed E-state index contributed by atoms with van der Waals surface area (Å²) in [7, 11) is -3.35. The average Bonchev–Trinajstić information content (AvgIpc) is 2.74. The van der Waals surface area contributed by atoms with Crippen molar-refractivity contribution < 1.29 is 17.9 Å². The van der Waals surface area contributed by atoms with Gasteiger partial charge in [-0.05, 0) is 49.4 Å². The number of ether oxygens (including phenoxy) is 1. The Morgan fingerprint density at radius 2 is 1.83 bits per heavy atom. The van der Waals surface area contributed by atoms with Gasteiger partial charge in [-0.15, -0.1) is 0 Å². The third kappa shape index (κ3) is 6.57.